The number of amides is 1. The molecular formula is C23H27ClN2O6S. The van der Waals surface area contributed by atoms with Gasteiger partial charge in [-0.25, -0.2) is 13.2 Å². The highest BCUT2D eigenvalue weighted by molar-refractivity contribution is 7.89. The summed E-state index contributed by atoms with van der Waals surface area (Å²) >= 11 is 6.22. The van der Waals surface area contributed by atoms with Crippen molar-refractivity contribution in [2.75, 3.05) is 20.2 Å². The number of sulfonamides is 1. The second kappa shape index (κ2) is 10.6. The van der Waals surface area contributed by atoms with E-state index >= 15 is 0 Å². The molecule has 0 radical (unpaired) electrons. The van der Waals surface area contributed by atoms with Crippen molar-refractivity contribution in [2.24, 2.45) is 0 Å². The number of benzene rings is 2. The molecule has 1 fully saturated rings. The fourth-order valence-corrected chi connectivity index (χ4v) is 5.83. The van der Waals surface area contributed by atoms with E-state index in [0.29, 0.717) is 0 Å². The molecule has 1 aliphatic heterocycles. The van der Waals surface area contributed by atoms with Crippen LogP contribution in [-0.2, 0) is 30.7 Å². The number of halogens is 1. The first-order valence-electron chi connectivity index (χ1n) is 10.5. The highest BCUT2D eigenvalue weighted by atomic mass is 35.5. The van der Waals surface area contributed by atoms with E-state index in [1.54, 1.807) is 13.8 Å². The van der Waals surface area contributed by atoms with Crippen molar-refractivity contribution >= 4 is 33.5 Å². The van der Waals surface area contributed by atoms with Crippen LogP contribution in [0.5, 0.6) is 0 Å². The second-order valence-corrected chi connectivity index (χ2v) is 10.3. The number of esters is 1. The topological polar surface area (TPSA) is 102 Å². The van der Waals surface area contributed by atoms with E-state index in [0.717, 1.165) is 5.56 Å². The lowest BCUT2D eigenvalue weighted by atomic mass is 10.1. The van der Waals surface area contributed by atoms with E-state index in [9.17, 15) is 18.0 Å². The molecular weight excluding hydrogens is 468 g/mol. The lowest BCUT2D eigenvalue weighted by molar-refractivity contribution is -0.142. The van der Waals surface area contributed by atoms with Gasteiger partial charge in [0.05, 0.1) is 24.3 Å². The fraction of sp³-hybridized carbons (Fsp3) is 0.391. The summed E-state index contributed by atoms with van der Waals surface area (Å²) in [4.78, 5) is 25.0. The summed E-state index contributed by atoms with van der Waals surface area (Å²) < 4.78 is 38.3. The molecule has 2 aromatic rings. The van der Waals surface area contributed by atoms with E-state index in [-0.39, 0.29) is 47.2 Å². The van der Waals surface area contributed by atoms with Gasteiger partial charge in [-0.2, -0.15) is 4.31 Å². The molecule has 1 heterocycles. The zero-order valence-corrected chi connectivity index (χ0v) is 20.2. The van der Waals surface area contributed by atoms with E-state index in [2.05, 4.69) is 5.32 Å². The standard InChI is InChI=1S/C23H27ClN2O6S/c1-15-13-26(14-16(2)32-15)33(29,30)21-12-18(9-10-19(21)24)22(27)25-20(23(28)31-3)11-17-7-5-4-6-8-17/h4-10,12,15-16,20H,11,13-14H2,1-3H3,(H,25,27). The number of ether oxygens (including phenoxy) is 2. The monoisotopic (exact) mass is 494 g/mol. The van der Waals surface area contributed by atoms with Crippen molar-refractivity contribution in [3.8, 4) is 0 Å². The van der Waals surface area contributed by atoms with Crippen molar-refractivity contribution in [3.05, 3.63) is 64.7 Å². The first-order valence-corrected chi connectivity index (χ1v) is 12.3. The number of morpholine rings is 1. The van der Waals surface area contributed by atoms with Crippen LogP contribution in [0, 0.1) is 0 Å². The molecule has 8 nitrogen and oxygen atoms in total. The van der Waals surface area contributed by atoms with E-state index in [1.807, 2.05) is 30.3 Å². The minimum atomic E-state index is -3.96. The molecule has 178 valence electrons. The second-order valence-electron chi connectivity index (χ2n) is 7.96. The summed E-state index contributed by atoms with van der Waals surface area (Å²) in [5.41, 5.74) is 0.900. The van der Waals surface area contributed by atoms with E-state index < -0.39 is 27.9 Å². The lowest BCUT2D eigenvalue weighted by Crippen LogP contribution is -2.48. The summed E-state index contributed by atoms with van der Waals surface area (Å²) in [5, 5.41) is 2.65. The number of carbonyl (C=O) groups is 2. The van der Waals surface area contributed by atoms with Crippen LogP contribution in [0.3, 0.4) is 0 Å². The molecule has 1 N–H and O–H groups in total. The smallest absolute Gasteiger partial charge is 0.328 e. The molecule has 3 atom stereocenters. The van der Waals surface area contributed by atoms with Gasteiger partial charge in [-0.05, 0) is 37.6 Å². The summed E-state index contributed by atoms with van der Waals surface area (Å²) in [6.07, 6.45) is -0.318. The third-order valence-electron chi connectivity index (χ3n) is 5.27. The Hall–Kier alpha value is -2.46. The minimum Gasteiger partial charge on any atom is -0.467 e. The van der Waals surface area contributed by atoms with Crippen LogP contribution in [0.1, 0.15) is 29.8 Å². The molecule has 3 unspecified atom stereocenters. The van der Waals surface area contributed by atoms with Crippen LogP contribution in [0.4, 0.5) is 0 Å². The SMILES string of the molecule is COC(=O)C(Cc1ccccc1)NC(=O)c1ccc(Cl)c(S(=O)(=O)N2CC(C)OC(C)C2)c1. The van der Waals surface area contributed by atoms with Gasteiger partial charge in [0.1, 0.15) is 10.9 Å². The number of nitrogens with one attached hydrogen (secondary N) is 1. The molecule has 33 heavy (non-hydrogen) atoms. The summed E-state index contributed by atoms with van der Waals surface area (Å²) in [7, 11) is -2.72. The predicted octanol–water partition coefficient (Wildman–Crippen LogP) is 2.65. The largest absolute Gasteiger partial charge is 0.467 e. The number of hydrogen-bond acceptors (Lipinski definition) is 6. The first-order chi connectivity index (χ1) is 15.6. The van der Waals surface area contributed by atoms with Crippen molar-refractivity contribution in [1.29, 1.82) is 0 Å². The van der Waals surface area contributed by atoms with Crippen molar-refractivity contribution in [3.63, 3.8) is 0 Å². The van der Waals surface area contributed by atoms with Gasteiger partial charge in [0.15, 0.2) is 0 Å². The number of nitrogens with zero attached hydrogens (tertiary/aromatic N) is 1. The quantitative estimate of drug-likeness (QED) is 0.594. The molecule has 0 saturated carbocycles. The van der Waals surface area contributed by atoms with Gasteiger partial charge in [-0.1, -0.05) is 41.9 Å². The Morgan fingerprint density at radius 3 is 2.39 bits per heavy atom. The van der Waals surface area contributed by atoms with Crippen LogP contribution >= 0.6 is 11.6 Å². The Morgan fingerprint density at radius 1 is 1.15 bits per heavy atom. The molecule has 2 aromatic carbocycles. The summed E-state index contributed by atoms with van der Waals surface area (Å²) in [5.74, 6) is -1.22. The average molecular weight is 495 g/mol. The zero-order chi connectivity index (χ0) is 24.2. The number of carbonyl (C=O) groups excluding carboxylic acids is 2. The Labute approximate surface area is 198 Å². The van der Waals surface area contributed by atoms with Crippen molar-refractivity contribution in [1.82, 2.24) is 9.62 Å². The highest BCUT2D eigenvalue weighted by Gasteiger charge is 2.34. The Kier molecular flexibility index (Phi) is 8.12. The Bertz CT molecular complexity index is 1100. The molecule has 3 rings (SSSR count). The van der Waals surface area contributed by atoms with Gasteiger partial charge >= 0.3 is 5.97 Å². The van der Waals surface area contributed by atoms with Crippen molar-refractivity contribution < 1.29 is 27.5 Å². The third kappa shape index (κ3) is 6.11. The van der Waals surface area contributed by atoms with Crippen LogP contribution in [-0.4, -0.2) is 63.0 Å². The van der Waals surface area contributed by atoms with Crippen LogP contribution in [0.15, 0.2) is 53.4 Å². The lowest BCUT2D eigenvalue weighted by Gasteiger charge is -2.34. The zero-order valence-electron chi connectivity index (χ0n) is 18.7. The number of rotatable bonds is 7. The van der Waals surface area contributed by atoms with Gasteiger partial charge in [0.2, 0.25) is 10.0 Å². The minimum absolute atomic E-state index is 0.00662. The normalized spacial score (nSPS) is 20.1. The molecule has 1 saturated heterocycles. The maximum atomic E-state index is 13.3. The van der Waals surface area contributed by atoms with Gasteiger partial charge < -0.3 is 14.8 Å². The first kappa shape index (κ1) is 25.2. The molecule has 0 aliphatic carbocycles. The van der Waals surface area contributed by atoms with E-state index in [1.165, 1.54) is 29.6 Å². The summed E-state index contributed by atoms with van der Waals surface area (Å²) in [6.45, 7) is 3.95. The predicted molar refractivity (Wildman–Crippen MR) is 124 cm³/mol. The van der Waals surface area contributed by atoms with E-state index in [4.69, 9.17) is 21.1 Å². The van der Waals surface area contributed by atoms with Crippen LogP contribution in [0.25, 0.3) is 0 Å². The Balaban J connectivity index is 1.85. The van der Waals surface area contributed by atoms with Gasteiger partial charge in [-0.15, -0.1) is 0 Å². The van der Waals surface area contributed by atoms with Gasteiger partial charge in [0.25, 0.3) is 5.91 Å². The van der Waals surface area contributed by atoms with Gasteiger partial charge in [-0.3, -0.25) is 4.79 Å². The molecule has 1 aliphatic rings. The van der Waals surface area contributed by atoms with Crippen LogP contribution in [0.2, 0.25) is 5.02 Å². The average Bonchev–Trinajstić information content (AvgIpc) is 2.78. The molecule has 10 heteroatoms. The van der Waals surface area contributed by atoms with Crippen molar-refractivity contribution in [2.45, 2.75) is 43.4 Å². The maximum Gasteiger partial charge on any atom is 0.328 e. The third-order valence-corrected chi connectivity index (χ3v) is 7.58. The summed E-state index contributed by atoms with van der Waals surface area (Å²) in [6, 6.07) is 12.2. The maximum absolute atomic E-state index is 13.3. The number of methoxy groups -OCH3 is 1. The van der Waals surface area contributed by atoms with Crippen LogP contribution < -0.4 is 5.32 Å². The molecule has 1 amide bonds. The molecule has 0 bridgehead atoms. The molecule has 0 aromatic heterocycles. The molecule has 0 spiro atoms. The van der Waals surface area contributed by atoms with Gasteiger partial charge in [0, 0.05) is 25.1 Å². The fourth-order valence-electron chi connectivity index (χ4n) is 3.74. The number of hydrogen-bond donors (Lipinski definition) is 1. The highest BCUT2D eigenvalue weighted by Crippen LogP contribution is 2.28. The Morgan fingerprint density at radius 2 is 1.79 bits per heavy atom.